The molecule has 0 saturated carbocycles. The Morgan fingerprint density at radius 3 is 2.77 bits per heavy atom. The molecular formula is C19H17ClFN3OS. The van der Waals surface area contributed by atoms with Crippen molar-refractivity contribution in [2.24, 2.45) is 0 Å². The van der Waals surface area contributed by atoms with Gasteiger partial charge in [0.15, 0.2) is 5.16 Å². The number of nitrogens with one attached hydrogen (secondary N) is 2. The fourth-order valence-corrected chi connectivity index (χ4v) is 3.36. The number of halogens is 2. The molecule has 0 aliphatic rings. The molecule has 0 unspecified atom stereocenters. The Balaban J connectivity index is 1.57. The zero-order valence-electron chi connectivity index (χ0n) is 14.1. The topological polar surface area (TPSA) is 57.8 Å². The summed E-state index contributed by atoms with van der Waals surface area (Å²) in [5.41, 5.74) is 3.51. The second kappa shape index (κ2) is 8.38. The van der Waals surface area contributed by atoms with Crippen molar-refractivity contribution in [3.8, 4) is 0 Å². The van der Waals surface area contributed by atoms with E-state index >= 15 is 0 Å². The van der Waals surface area contributed by atoms with Crippen LogP contribution in [0.2, 0.25) is 5.02 Å². The number of carbonyl (C=O) groups excluding carboxylic acids is 1. The Morgan fingerprint density at radius 1 is 1.27 bits per heavy atom. The highest BCUT2D eigenvalue weighted by Gasteiger charge is 2.11. The van der Waals surface area contributed by atoms with Crippen LogP contribution in [0.5, 0.6) is 0 Å². The second-order valence-electron chi connectivity index (χ2n) is 5.74. The lowest BCUT2D eigenvalue weighted by molar-refractivity contribution is -0.113. The molecule has 4 nitrogen and oxygen atoms in total. The standard InChI is InChI=1S/C19H17ClFN3OS/c1-12-17(9-13-5-3-2-4-6-13)24-19(22-12)26-11-18(25)23-16-8-7-14(21)10-15(16)20/h2-8,10H,9,11H2,1H3,(H,22,24)(H,23,25). The number of hydrogen-bond donors (Lipinski definition) is 2. The van der Waals surface area contributed by atoms with Gasteiger partial charge in [-0.15, -0.1) is 0 Å². The number of H-pyrrole nitrogens is 1. The van der Waals surface area contributed by atoms with Crippen molar-refractivity contribution in [1.29, 1.82) is 0 Å². The van der Waals surface area contributed by atoms with Gasteiger partial charge in [-0.25, -0.2) is 9.37 Å². The molecule has 3 rings (SSSR count). The molecule has 7 heteroatoms. The average molecular weight is 390 g/mol. The lowest BCUT2D eigenvalue weighted by Crippen LogP contribution is -2.14. The first-order valence-electron chi connectivity index (χ1n) is 7.98. The zero-order valence-corrected chi connectivity index (χ0v) is 15.6. The van der Waals surface area contributed by atoms with Crippen LogP contribution < -0.4 is 5.32 Å². The number of carbonyl (C=O) groups is 1. The van der Waals surface area contributed by atoms with Crippen LogP contribution in [0.1, 0.15) is 17.0 Å². The highest BCUT2D eigenvalue weighted by molar-refractivity contribution is 7.99. The van der Waals surface area contributed by atoms with E-state index in [4.69, 9.17) is 11.6 Å². The van der Waals surface area contributed by atoms with Gasteiger partial charge < -0.3 is 10.3 Å². The van der Waals surface area contributed by atoms with E-state index in [9.17, 15) is 9.18 Å². The number of amides is 1. The maximum atomic E-state index is 13.0. The van der Waals surface area contributed by atoms with E-state index in [-0.39, 0.29) is 16.7 Å². The van der Waals surface area contributed by atoms with Gasteiger partial charge in [0.1, 0.15) is 5.82 Å². The molecular weight excluding hydrogens is 373 g/mol. The molecule has 0 atom stereocenters. The zero-order chi connectivity index (χ0) is 18.5. The minimum atomic E-state index is -0.445. The van der Waals surface area contributed by atoms with Crippen molar-refractivity contribution in [2.75, 3.05) is 11.1 Å². The van der Waals surface area contributed by atoms with Crippen LogP contribution in [0.15, 0.2) is 53.7 Å². The quantitative estimate of drug-likeness (QED) is 0.593. The van der Waals surface area contributed by atoms with E-state index in [1.165, 1.54) is 29.5 Å². The molecule has 0 spiro atoms. The summed E-state index contributed by atoms with van der Waals surface area (Å²) in [6, 6.07) is 13.9. The number of rotatable bonds is 6. The molecule has 0 saturated heterocycles. The van der Waals surface area contributed by atoms with Crippen LogP contribution >= 0.6 is 23.4 Å². The highest BCUT2D eigenvalue weighted by atomic mass is 35.5. The molecule has 1 aromatic heterocycles. The minimum Gasteiger partial charge on any atom is -0.337 e. The third-order valence-electron chi connectivity index (χ3n) is 3.72. The van der Waals surface area contributed by atoms with E-state index in [1.54, 1.807) is 0 Å². The van der Waals surface area contributed by atoms with Gasteiger partial charge in [0.2, 0.25) is 5.91 Å². The number of imidazole rings is 1. The summed E-state index contributed by atoms with van der Waals surface area (Å²) in [4.78, 5) is 19.8. The summed E-state index contributed by atoms with van der Waals surface area (Å²) in [6.07, 6.45) is 0.737. The van der Waals surface area contributed by atoms with Crippen molar-refractivity contribution in [2.45, 2.75) is 18.5 Å². The Bertz CT molecular complexity index is 914. The summed E-state index contributed by atoms with van der Waals surface area (Å²) in [6.45, 7) is 1.97. The lowest BCUT2D eigenvalue weighted by atomic mass is 10.1. The van der Waals surface area contributed by atoms with Crippen molar-refractivity contribution in [3.05, 3.63) is 76.3 Å². The van der Waals surface area contributed by atoms with E-state index < -0.39 is 5.82 Å². The van der Waals surface area contributed by atoms with Gasteiger partial charge in [0, 0.05) is 12.1 Å². The monoisotopic (exact) mass is 389 g/mol. The van der Waals surface area contributed by atoms with Crippen LogP contribution in [0.4, 0.5) is 10.1 Å². The van der Waals surface area contributed by atoms with Gasteiger partial charge >= 0.3 is 0 Å². The first kappa shape index (κ1) is 18.5. The second-order valence-corrected chi connectivity index (χ2v) is 7.11. The van der Waals surface area contributed by atoms with Gasteiger partial charge in [-0.2, -0.15) is 0 Å². The maximum Gasteiger partial charge on any atom is 0.234 e. The minimum absolute atomic E-state index is 0.169. The number of hydrogen-bond acceptors (Lipinski definition) is 3. The van der Waals surface area contributed by atoms with Gasteiger partial charge in [-0.05, 0) is 30.7 Å². The van der Waals surface area contributed by atoms with Crippen LogP contribution in [-0.4, -0.2) is 21.6 Å². The van der Waals surface area contributed by atoms with Crippen molar-refractivity contribution in [1.82, 2.24) is 9.97 Å². The predicted molar refractivity (Wildman–Crippen MR) is 103 cm³/mol. The van der Waals surface area contributed by atoms with E-state index in [0.29, 0.717) is 10.8 Å². The summed E-state index contributed by atoms with van der Waals surface area (Å²) in [7, 11) is 0. The van der Waals surface area contributed by atoms with Crippen LogP contribution in [-0.2, 0) is 11.2 Å². The molecule has 2 N–H and O–H groups in total. The maximum absolute atomic E-state index is 13.0. The van der Waals surface area contributed by atoms with Crippen LogP contribution in [0.3, 0.4) is 0 Å². The summed E-state index contributed by atoms with van der Waals surface area (Å²) < 4.78 is 13.0. The highest BCUT2D eigenvalue weighted by Crippen LogP contribution is 2.23. The largest absolute Gasteiger partial charge is 0.337 e. The SMILES string of the molecule is Cc1[nH]c(SCC(=O)Nc2ccc(F)cc2Cl)nc1Cc1ccccc1. The molecule has 0 fully saturated rings. The molecule has 0 aliphatic carbocycles. The molecule has 1 amide bonds. The Morgan fingerprint density at radius 2 is 2.04 bits per heavy atom. The molecule has 0 aliphatic heterocycles. The number of aromatic amines is 1. The number of aryl methyl sites for hydroxylation is 1. The molecule has 2 aromatic carbocycles. The Kier molecular flexibility index (Phi) is 5.96. The first-order chi connectivity index (χ1) is 12.5. The number of thioether (sulfide) groups is 1. The lowest BCUT2D eigenvalue weighted by Gasteiger charge is -2.06. The van der Waals surface area contributed by atoms with Gasteiger partial charge in [-0.3, -0.25) is 4.79 Å². The number of nitrogens with zero attached hydrogens (tertiary/aromatic N) is 1. The fourth-order valence-electron chi connectivity index (χ4n) is 2.41. The van der Waals surface area contributed by atoms with E-state index in [1.807, 2.05) is 25.1 Å². The van der Waals surface area contributed by atoms with Crippen LogP contribution in [0, 0.1) is 12.7 Å². The smallest absolute Gasteiger partial charge is 0.234 e. The van der Waals surface area contributed by atoms with Crippen molar-refractivity contribution >= 4 is 35.0 Å². The van der Waals surface area contributed by atoms with E-state index in [2.05, 4.69) is 27.4 Å². The van der Waals surface area contributed by atoms with Gasteiger partial charge in [0.05, 0.1) is 22.2 Å². The number of anilines is 1. The summed E-state index contributed by atoms with van der Waals surface area (Å²) in [5.74, 6) is -0.507. The molecule has 26 heavy (non-hydrogen) atoms. The van der Waals surface area contributed by atoms with Crippen molar-refractivity contribution < 1.29 is 9.18 Å². The third-order valence-corrected chi connectivity index (χ3v) is 4.91. The normalized spacial score (nSPS) is 10.7. The van der Waals surface area contributed by atoms with Gasteiger partial charge in [0.25, 0.3) is 0 Å². The number of aromatic nitrogens is 2. The predicted octanol–water partition coefficient (Wildman–Crippen LogP) is 4.83. The molecule has 0 radical (unpaired) electrons. The molecule has 0 bridgehead atoms. The molecule has 1 heterocycles. The third kappa shape index (κ3) is 4.86. The van der Waals surface area contributed by atoms with Crippen LogP contribution in [0.25, 0.3) is 0 Å². The van der Waals surface area contributed by atoms with E-state index in [0.717, 1.165) is 23.9 Å². The molecule has 3 aromatic rings. The summed E-state index contributed by atoms with van der Waals surface area (Å²) >= 11 is 7.22. The first-order valence-corrected chi connectivity index (χ1v) is 9.35. The Labute approximate surface area is 160 Å². The van der Waals surface area contributed by atoms with Gasteiger partial charge in [-0.1, -0.05) is 53.7 Å². The molecule has 134 valence electrons. The average Bonchev–Trinajstić information content (AvgIpc) is 2.96. The van der Waals surface area contributed by atoms with Crippen molar-refractivity contribution in [3.63, 3.8) is 0 Å². The number of benzene rings is 2. The fraction of sp³-hybridized carbons (Fsp3) is 0.158. The Hall–Kier alpha value is -2.31. The summed E-state index contributed by atoms with van der Waals surface area (Å²) in [5, 5.41) is 3.53.